The van der Waals surface area contributed by atoms with Crippen LogP contribution in [0.25, 0.3) is 0 Å². The van der Waals surface area contributed by atoms with Crippen molar-refractivity contribution in [3.8, 4) is 5.75 Å². The molecule has 0 aromatic heterocycles. The minimum absolute atomic E-state index is 0.212. The molecule has 136 valence electrons. The van der Waals surface area contributed by atoms with Crippen molar-refractivity contribution in [3.63, 3.8) is 0 Å². The van der Waals surface area contributed by atoms with Gasteiger partial charge in [0, 0.05) is 12.2 Å². The first kappa shape index (κ1) is 18.0. The summed E-state index contributed by atoms with van der Waals surface area (Å²) in [5.41, 5.74) is 2.92. The summed E-state index contributed by atoms with van der Waals surface area (Å²) in [5, 5.41) is 5.82. The Hall–Kier alpha value is -2.82. The molecule has 0 atom stereocenters. The Labute approximate surface area is 153 Å². The number of ether oxygens (including phenoxy) is 1. The van der Waals surface area contributed by atoms with Gasteiger partial charge in [-0.2, -0.15) is 0 Å². The summed E-state index contributed by atoms with van der Waals surface area (Å²) >= 11 is 0. The highest BCUT2D eigenvalue weighted by molar-refractivity contribution is 6.13. The zero-order valence-electron chi connectivity index (χ0n) is 15.4. The van der Waals surface area contributed by atoms with Crippen LogP contribution in [0.1, 0.15) is 29.5 Å². The number of methoxy groups -OCH3 is 1. The SMILES string of the molecule is COc1ccc(CNC(=O)C2(C(=O)Nc3cccc(C)c3C)CC2)cc1. The van der Waals surface area contributed by atoms with Gasteiger partial charge in [0.05, 0.1) is 7.11 Å². The number of aryl methyl sites for hydroxylation is 1. The molecule has 0 aliphatic heterocycles. The van der Waals surface area contributed by atoms with E-state index in [2.05, 4.69) is 10.6 Å². The van der Waals surface area contributed by atoms with E-state index in [9.17, 15) is 9.59 Å². The average Bonchev–Trinajstić information content (AvgIpc) is 3.46. The van der Waals surface area contributed by atoms with E-state index >= 15 is 0 Å². The lowest BCUT2D eigenvalue weighted by Gasteiger charge is -2.17. The van der Waals surface area contributed by atoms with Crippen LogP contribution in [-0.2, 0) is 16.1 Å². The standard InChI is InChI=1S/C21H24N2O3/c1-14-5-4-6-18(15(14)2)23-20(25)21(11-12-21)19(24)22-13-16-7-9-17(26-3)10-8-16/h4-10H,11-13H2,1-3H3,(H,22,24)(H,23,25). The van der Waals surface area contributed by atoms with Crippen molar-refractivity contribution >= 4 is 17.5 Å². The number of amides is 2. The van der Waals surface area contributed by atoms with Crippen molar-refractivity contribution in [3.05, 3.63) is 59.2 Å². The van der Waals surface area contributed by atoms with Crippen molar-refractivity contribution in [1.82, 2.24) is 5.32 Å². The van der Waals surface area contributed by atoms with Gasteiger partial charge in [-0.25, -0.2) is 0 Å². The van der Waals surface area contributed by atoms with Gasteiger partial charge < -0.3 is 15.4 Å². The van der Waals surface area contributed by atoms with Gasteiger partial charge in [0.15, 0.2) is 0 Å². The van der Waals surface area contributed by atoms with E-state index < -0.39 is 5.41 Å². The van der Waals surface area contributed by atoms with Crippen molar-refractivity contribution < 1.29 is 14.3 Å². The van der Waals surface area contributed by atoms with Crippen molar-refractivity contribution in [1.29, 1.82) is 0 Å². The molecular formula is C21H24N2O3. The van der Waals surface area contributed by atoms with Crippen LogP contribution in [0.2, 0.25) is 0 Å². The van der Waals surface area contributed by atoms with E-state index in [1.54, 1.807) is 7.11 Å². The summed E-state index contributed by atoms with van der Waals surface area (Å²) in [6, 6.07) is 13.3. The number of hydrogen-bond acceptors (Lipinski definition) is 3. The summed E-state index contributed by atoms with van der Waals surface area (Å²) in [4.78, 5) is 25.3. The van der Waals surface area contributed by atoms with Crippen LogP contribution >= 0.6 is 0 Å². The summed E-state index contributed by atoms with van der Waals surface area (Å²) in [6.07, 6.45) is 1.16. The van der Waals surface area contributed by atoms with Gasteiger partial charge in [0.1, 0.15) is 11.2 Å². The first-order chi connectivity index (χ1) is 12.5. The number of carbonyl (C=O) groups is 2. The molecule has 1 fully saturated rings. The minimum atomic E-state index is -0.942. The highest BCUT2D eigenvalue weighted by Gasteiger charge is 2.56. The normalized spacial score (nSPS) is 14.4. The summed E-state index contributed by atoms with van der Waals surface area (Å²) < 4.78 is 5.12. The minimum Gasteiger partial charge on any atom is -0.497 e. The molecule has 0 heterocycles. The molecule has 0 unspecified atom stereocenters. The molecule has 2 aromatic rings. The second-order valence-electron chi connectivity index (χ2n) is 6.81. The fraction of sp³-hybridized carbons (Fsp3) is 0.333. The molecule has 5 nitrogen and oxygen atoms in total. The van der Waals surface area contributed by atoms with Gasteiger partial charge in [-0.3, -0.25) is 9.59 Å². The number of benzene rings is 2. The van der Waals surface area contributed by atoms with Crippen molar-refractivity contribution in [2.24, 2.45) is 5.41 Å². The maximum absolute atomic E-state index is 12.7. The Morgan fingerprint density at radius 1 is 1.04 bits per heavy atom. The maximum atomic E-state index is 12.7. The third-order valence-corrected chi connectivity index (χ3v) is 5.08. The molecular weight excluding hydrogens is 328 g/mol. The first-order valence-electron chi connectivity index (χ1n) is 8.75. The molecule has 0 saturated heterocycles. The van der Waals surface area contributed by atoms with Crippen LogP contribution in [0.4, 0.5) is 5.69 Å². The molecule has 0 bridgehead atoms. The highest BCUT2D eigenvalue weighted by Crippen LogP contribution is 2.47. The van der Waals surface area contributed by atoms with Crippen LogP contribution in [0.5, 0.6) is 5.75 Å². The first-order valence-corrected chi connectivity index (χ1v) is 8.75. The predicted octanol–water partition coefficient (Wildman–Crippen LogP) is 3.35. The molecule has 1 aliphatic rings. The fourth-order valence-electron chi connectivity index (χ4n) is 2.91. The Bertz CT molecular complexity index is 824. The zero-order valence-corrected chi connectivity index (χ0v) is 15.4. The largest absolute Gasteiger partial charge is 0.497 e. The van der Waals surface area contributed by atoms with Crippen molar-refractivity contribution in [2.45, 2.75) is 33.2 Å². The summed E-state index contributed by atoms with van der Waals surface area (Å²) in [6.45, 7) is 4.36. The lowest BCUT2D eigenvalue weighted by atomic mass is 10.0. The van der Waals surface area contributed by atoms with Crippen LogP contribution in [-0.4, -0.2) is 18.9 Å². The number of hydrogen-bond donors (Lipinski definition) is 2. The van der Waals surface area contributed by atoms with E-state index in [1.807, 2.05) is 56.3 Å². The number of carbonyl (C=O) groups excluding carboxylic acids is 2. The van der Waals surface area contributed by atoms with Gasteiger partial charge in [0.25, 0.3) is 0 Å². The fourth-order valence-corrected chi connectivity index (χ4v) is 2.91. The molecule has 1 aliphatic carbocycles. The summed E-state index contributed by atoms with van der Waals surface area (Å²) in [7, 11) is 1.61. The van der Waals surface area contributed by atoms with Crippen LogP contribution in [0.15, 0.2) is 42.5 Å². The zero-order chi connectivity index (χ0) is 18.7. The van der Waals surface area contributed by atoms with E-state index in [-0.39, 0.29) is 11.8 Å². The Morgan fingerprint density at radius 2 is 1.73 bits per heavy atom. The molecule has 1 saturated carbocycles. The van der Waals surface area contributed by atoms with Gasteiger partial charge in [0.2, 0.25) is 11.8 Å². The smallest absolute Gasteiger partial charge is 0.240 e. The van der Waals surface area contributed by atoms with Crippen LogP contribution in [0.3, 0.4) is 0 Å². The van der Waals surface area contributed by atoms with Crippen LogP contribution < -0.4 is 15.4 Å². The number of rotatable bonds is 6. The van der Waals surface area contributed by atoms with E-state index in [0.29, 0.717) is 19.4 Å². The molecule has 5 heteroatoms. The average molecular weight is 352 g/mol. The molecule has 2 N–H and O–H groups in total. The van der Waals surface area contributed by atoms with Gasteiger partial charge >= 0.3 is 0 Å². The topological polar surface area (TPSA) is 67.4 Å². The third-order valence-electron chi connectivity index (χ3n) is 5.08. The summed E-state index contributed by atoms with van der Waals surface area (Å²) in [5.74, 6) is 0.334. The Balaban J connectivity index is 1.62. The molecule has 0 spiro atoms. The van der Waals surface area contributed by atoms with E-state index in [1.165, 1.54) is 0 Å². The van der Waals surface area contributed by atoms with Crippen LogP contribution in [0, 0.1) is 19.3 Å². The second-order valence-corrected chi connectivity index (χ2v) is 6.81. The highest BCUT2D eigenvalue weighted by atomic mass is 16.5. The van der Waals surface area contributed by atoms with Gasteiger partial charge in [-0.05, 0) is 61.6 Å². The van der Waals surface area contributed by atoms with E-state index in [0.717, 1.165) is 28.1 Å². The monoisotopic (exact) mass is 352 g/mol. The molecule has 2 amide bonds. The lowest BCUT2D eigenvalue weighted by molar-refractivity contribution is -0.134. The van der Waals surface area contributed by atoms with Gasteiger partial charge in [-0.15, -0.1) is 0 Å². The third kappa shape index (κ3) is 3.57. The maximum Gasteiger partial charge on any atom is 0.240 e. The Kier molecular flexibility index (Phi) is 4.98. The predicted molar refractivity (Wildman–Crippen MR) is 101 cm³/mol. The second kappa shape index (κ2) is 7.20. The van der Waals surface area contributed by atoms with Gasteiger partial charge in [-0.1, -0.05) is 24.3 Å². The molecule has 0 radical (unpaired) electrons. The molecule has 26 heavy (non-hydrogen) atoms. The number of nitrogens with one attached hydrogen (secondary N) is 2. The van der Waals surface area contributed by atoms with E-state index in [4.69, 9.17) is 4.74 Å². The molecule has 2 aromatic carbocycles. The lowest BCUT2D eigenvalue weighted by Crippen LogP contribution is -2.39. The Morgan fingerprint density at radius 3 is 2.35 bits per heavy atom. The quantitative estimate of drug-likeness (QED) is 0.784. The molecule has 3 rings (SSSR count). The number of anilines is 1. The van der Waals surface area contributed by atoms with Crippen molar-refractivity contribution in [2.75, 3.05) is 12.4 Å².